The first-order chi connectivity index (χ1) is 17.7. The van der Waals surface area contributed by atoms with Crippen molar-refractivity contribution in [3.05, 3.63) is 59.9 Å². The van der Waals surface area contributed by atoms with Crippen LogP contribution in [0.4, 0.5) is 0 Å². The molecule has 0 saturated carbocycles. The molecule has 0 unspecified atom stereocenters. The monoisotopic (exact) mass is 491 g/mol. The van der Waals surface area contributed by atoms with Crippen LogP contribution >= 0.6 is 0 Å². The van der Waals surface area contributed by atoms with Crippen molar-refractivity contribution in [3.63, 3.8) is 0 Å². The van der Waals surface area contributed by atoms with E-state index in [9.17, 15) is 4.79 Å². The number of aromatic nitrogens is 2. The molecule has 3 rings (SSSR count). The summed E-state index contributed by atoms with van der Waals surface area (Å²) in [4.78, 5) is 17.3. The number of aryl methyl sites for hydroxylation is 2. The van der Waals surface area contributed by atoms with Gasteiger partial charge in [0.1, 0.15) is 11.6 Å². The van der Waals surface area contributed by atoms with Crippen molar-refractivity contribution in [2.45, 2.75) is 96.9 Å². The average Bonchev–Trinajstić information content (AvgIpc) is 3.26. The van der Waals surface area contributed by atoms with Crippen LogP contribution in [0.1, 0.15) is 100 Å². The fraction of sp³-hybridized carbons (Fsp3) is 0.548. The fourth-order valence-corrected chi connectivity index (χ4v) is 4.78. The molecule has 1 heterocycles. The Morgan fingerprint density at radius 3 is 2.22 bits per heavy atom. The van der Waals surface area contributed by atoms with Gasteiger partial charge in [0.2, 0.25) is 0 Å². The van der Waals surface area contributed by atoms with Gasteiger partial charge in [-0.05, 0) is 55.7 Å². The first kappa shape index (κ1) is 27.8. The van der Waals surface area contributed by atoms with Gasteiger partial charge in [0.15, 0.2) is 0 Å². The van der Waals surface area contributed by atoms with Gasteiger partial charge in [0.25, 0.3) is 5.91 Å². The minimum atomic E-state index is -0.0274. The number of nitrogens with zero attached hydrogens (tertiary/aromatic N) is 2. The van der Waals surface area contributed by atoms with E-state index in [4.69, 9.17) is 9.72 Å². The molecule has 0 radical (unpaired) electrons. The van der Waals surface area contributed by atoms with E-state index in [1.807, 2.05) is 12.1 Å². The Morgan fingerprint density at radius 1 is 0.833 bits per heavy atom. The molecule has 0 aliphatic carbocycles. The SMILES string of the molecule is CCCCCCCCCCCn1c(CCCCCNC(=O)c2ccc(OC)cc2)nc2ccccc21. The molecule has 0 fully saturated rings. The zero-order valence-corrected chi connectivity index (χ0v) is 22.4. The standard InChI is InChI=1S/C31H45N3O2/c1-3-4-5-6-7-8-9-10-16-25-34-29-18-14-13-17-28(29)33-30(34)19-12-11-15-24-32-31(35)26-20-22-27(36-2)23-21-26/h13-14,17-18,20-23H,3-12,15-16,19,24-25H2,1-2H3,(H,32,35). The lowest BCUT2D eigenvalue weighted by atomic mass is 10.1. The Morgan fingerprint density at radius 2 is 1.50 bits per heavy atom. The van der Waals surface area contributed by atoms with Gasteiger partial charge >= 0.3 is 0 Å². The van der Waals surface area contributed by atoms with Crippen LogP contribution in [0.3, 0.4) is 0 Å². The molecule has 2 aromatic carbocycles. The lowest BCUT2D eigenvalue weighted by Gasteiger charge is -2.10. The van der Waals surface area contributed by atoms with Crippen LogP contribution in [-0.2, 0) is 13.0 Å². The first-order valence-corrected chi connectivity index (χ1v) is 14.1. The van der Waals surface area contributed by atoms with E-state index in [0.29, 0.717) is 12.1 Å². The first-order valence-electron chi connectivity index (χ1n) is 14.1. The lowest BCUT2D eigenvalue weighted by molar-refractivity contribution is 0.0953. The minimum absolute atomic E-state index is 0.0274. The predicted molar refractivity (Wildman–Crippen MR) is 150 cm³/mol. The molecule has 1 N–H and O–H groups in total. The maximum Gasteiger partial charge on any atom is 0.251 e. The second kappa shape index (κ2) is 16.0. The number of rotatable bonds is 18. The van der Waals surface area contributed by atoms with Crippen molar-refractivity contribution in [3.8, 4) is 5.75 Å². The summed E-state index contributed by atoms with van der Waals surface area (Å²) in [5.74, 6) is 1.94. The fourth-order valence-electron chi connectivity index (χ4n) is 4.78. The Bertz CT molecular complexity index is 1030. The number of unbranched alkanes of at least 4 members (excludes halogenated alkanes) is 10. The van der Waals surface area contributed by atoms with Crippen LogP contribution in [-0.4, -0.2) is 29.1 Å². The normalized spacial score (nSPS) is 11.2. The summed E-state index contributed by atoms with van der Waals surface area (Å²) >= 11 is 0. The summed E-state index contributed by atoms with van der Waals surface area (Å²) in [6.07, 6.45) is 16.2. The van der Waals surface area contributed by atoms with Crippen LogP contribution in [0.25, 0.3) is 11.0 Å². The number of benzene rings is 2. The van der Waals surface area contributed by atoms with E-state index in [1.165, 1.54) is 69.1 Å². The number of carbonyl (C=O) groups excluding carboxylic acids is 1. The molecule has 1 amide bonds. The largest absolute Gasteiger partial charge is 0.497 e. The zero-order chi connectivity index (χ0) is 25.4. The number of ether oxygens (including phenoxy) is 1. The third kappa shape index (κ3) is 9.00. The topological polar surface area (TPSA) is 56.2 Å². The van der Waals surface area contributed by atoms with Gasteiger partial charge in [-0.15, -0.1) is 0 Å². The van der Waals surface area contributed by atoms with Crippen molar-refractivity contribution in [1.82, 2.24) is 14.9 Å². The number of methoxy groups -OCH3 is 1. The molecular weight excluding hydrogens is 446 g/mol. The van der Waals surface area contributed by atoms with Crippen molar-refractivity contribution < 1.29 is 9.53 Å². The second-order valence-electron chi connectivity index (χ2n) is 9.79. The van der Waals surface area contributed by atoms with Crippen molar-refractivity contribution in [2.24, 2.45) is 0 Å². The van der Waals surface area contributed by atoms with Gasteiger partial charge < -0.3 is 14.6 Å². The molecular formula is C31H45N3O2. The van der Waals surface area contributed by atoms with E-state index in [0.717, 1.165) is 43.5 Å². The summed E-state index contributed by atoms with van der Waals surface area (Å²) < 4.78 is 7.60. The van der Waals surface area contributed by atoms with Gasteiger partial charge in [-0.2, -0.15) is 0 Å². The highest BCUT2D eigenvalue weighted by Gasteiger charge is 2.10. The van der Waals surface area contributed by atoms with Gasteiger partial charge in [0, 0.05) is 25.1 Å². The van der Waals surface area contributed by atoms with Crippen LogP contribution < -0.4 is 10.1 Å². The number of hydrogen-bond acceptors (Lipinski definition) is 3. The van der Waals surface area contributed by atoms with Crippen LogP contribution in [0.2, 0.25) is 0 Å². The highest BCUT2D eigenvalue weighted by atomic mass is 16.5. The quantitative estimate of drug-likeness (QED) is 0.185. The Kier molecular flexibility index (Phi) is 12.4. The molecule has 5 heteroatoms. The number of imidazole rings is 1. The maximum atomic E-state index is 12.3. The molecule has 0 bridgehead atoms. The number of para-hydroxylation sites is 2. The summed E-state index contributed by atoms with van der Waals surface area (Å²) in [6.45, 7) is 4.03. The molecule has 0 aliphatic rings. The number of nitrogens with one attached hydrogen (secondary N) is 1. The number of hydrogen-bond donors (Lipinski definition) is 1. The van der Waals surface area contributed by atoms with Gasteiger partial charge in [-0.3, -0.25) is 4.79 Å². The Hall–Kier alpha value is -2.82. The molecule has 0 aliphatic heterocycles. The average molecular weight is 492 g/mol. The third-order valence-corrected chi connectivity index (χ3v) is 6.93. The van der Waals surface area contributed by atoms with Crippen molar-refractivity contribution >= 4 is 16.9 Å². The zero-order valence-electron chi connectivity index (χ0n) is 22.4. The van der Waals surface area contributed by atoms with E-state index in [-0.39, 0.29) is 5.91 Å². The summed E-state index contributed by atoms with van der Waals surface area (Å²) in [5, 5.41) is 3.03. The number of amides is 1. The second-order valence-corrected chi connectivity index (χ2v) is 9.79. The van der Waals surface area contributed by atoms with Gasteiger partial charge in [-0.25, -0.2) is 4.98 Å². The van der Waals surface area contributed by atoms with E-state index < -0.39 is 0 Å². The van der Waals surface area contributed by atoms with Gasteiger partial charge in [0.05, 0.1) is 18.1 Å². The summed E-state index contributed by atoms with van der Waals surface area (Å²) in [6, 6.07) is 15.7. The van der Waals surface area contributed by atoms with Crippen molar-refractivity contribution in [1.29, 1.82) is 0 Å². The number of fused-ring (bicyclic) bond motifs is 1. The van der Waals surface area contributed by atoms with E-state index in [1.54, 1.807) is 19.2 Å². The molecule has 196 valence electrons. The molecule has 3 aromatic rings. The Labute approximate surface area is 217 Å². The van der Waals surface area contributed by atoms with Crippen molar-refractivity contribution in [2.75, 3.05) is 13.7 Å². The molecule has 0 atom stereocenters. The molecule has 1 aromatic heterocycles. The summed E-state index contributed by atoms with van der Waals surface area (Å²) in [7, 11) is 1.63. The van der Waals surface area contributed by atoms with Crippen LogP contribution in [0, 0.1) is 0 Å². The predicted octanol–water partition coefficient (Wildman–Crippen LogP) is 7.72. The lowest BCUT2D eigenvalue weighted by Crippen LogP contribution is -2.24. The van der Waals surface area contributed by atoms with Gasteiger partial charge in [-0.1, -0.05) is 76.8 Å². The molecule has 0 saturated heterocycles. The van der Waals surface area contributed by atoms with E-state index >= 15 is 0 Å². The highest BCUT2D eigenvalue weighted by Crippen LogP contribution is 2.20. The minimum Gasteiger partial charge on any atom is -0.497 e. The summed E-state index contributed by atoms with van der Waals surface area (Å²) in [5.41, 5.74) is 3.04. The van der Waals surface area contributed by atoms with Crippen LogP contribution in [0.5, 0.6) is 5.75 Å². The highest BCUT2D eigenvalue weighted by molar-refractivity contribution is 5.94. The molecule has 0 spiro atoms. The maximum absolute atomic E-state index is 12.3. The number of carbonyl (C=O) groups is 1. The van der Waals surface area contributed by atoms with Crippen LogP contribution in [0.15, 0.2) is 48.5 Å². The smallest absolute Gasteiger partial charge is 0.251 e. The molecule has 36 heavy (non-hydrogen) atoms. The molecule has 5 nitrogen and oxygen atoms in total. The third-order valence-electron chi connectivity index (χ3n) is 6.93. The van der Waals surface area contributed by atoms with E-state index in [2.05, 4.69) is 41.1 Å². The Balaban J connectivity index is 1.37.